The molecule has 0 bridgehead atoms. The van der Waals surface area contributed by atoms with Gasteiger partial charge in [-0.15, -0.1) is 0 Å². The largest absolute Gasteiger partial charge is 0.0788 e. The second-order valence-electron chi connectivity index (χ2n) is 12.9. The quantitative estimate of drug-likeness (QED) is 0.295. The molecular formula is C29H52. The fourth-order valence-electron chi connectivity index (χ4n) is 8.10. The maximum Gasteiger partial charge on any atom is -0.0110 e. The Hall–Kier alpha value is -0.260. The van der Waals surface area contributed by atoms with Crippen LogP contribution in [-0.2, 0) is 0 Å². The van der Waals surface area contributed by atoms with E-state index in [0.29, 0.717) is 16.2 Å². The van der Waals surface area contributed by atoms with E-state index >= 15 is 0 Å². The number of fused-ring (bicyclic) bond motifs is 1. The molecule has 3 aliphatic carbocycles. The van der Waals surface area contributed by atoms with Gasteiger partial charge in [-0.05, 0) is 97.2 Å². The van der Waals surface area contributed by atoms with E-state index in [9.17, 15) is 0 Å². The molecule has 0 radical (unpaired) electrons. The predicted molar refractivity (Wildman–Crippen MR) is 129 cm³/mol. The molecule has 0 aliphatic heterocycles. The summed E-state index contributed by atoms with van der Waals surface area (Å²) in [7, 11) is 0. The van der Waals surface area contributed by atoms with Gasteiger partial charge in [-0.1, -0.05) is 86.3 Å². The van der Waals surface area contributed by atoms with Gasteiger partial charge in [0.05, 0.1) is 0 Å². The van der Waals surface area contributed by atoms with Crippen LogP contribution < -0.4 is 0 Å². The number of hydrogen-bond acceptors (Lipinski definition) is 0. The van der Waals surface area contributed by atoms with Crippen LogP contribution >= 0.6 is 0 Å². The molecule has 0 heteroatoms. The van der Waals surface area contributed by atoms with E-state index in [-0.39, 0.29) is 0 Å². The zero-order chi connectivity index (χ0) is 21.4. The third kappa shape index (κ3) is 4.39. The van der Waals surface area contributed by atoms with Gasteiger partial charge in [-0.25, -0.2) is 0 Å². The lowest BCUT2D eigenvalue weighted by Crippen LogP contribution is -2.47. The Morgan fingerprint density at radius 2 is 1.72 bits per heavy atom. The summed E-state index contributed by atoms with van der Waals surface area (Å²) in [6.07, 6.45) is 18.6. The number of rotatable bonds is 7. The Morgan fingerprint density at radius 3 is 2.38 bits per heavy atom. The molecule has 2 saturated carbocycles. The number of hydrogen-bond donors (Lipinski definition) is 0. The lowest BCUT2D eigenvalue weighted by atomic mass is 9.49. The molecule has 0 spiro atoms. The molecule has 2 unspecified atom stereocenters. The van der Waals surface area contributed by atoms with Crippen LogP contribution in [0.4, 0.5) is 0 Å². The number of unbranched alkanes of at least 4 members (excludes halogenated alkanes) is 1. The van der Waals surface area contributed by atoms with Gasteiger partial charge >= 0.3 is 0 Å². The van der Waals surface area contributed by atoms with Crippen LogP contribution in [0.25, 0.3) is 0 Å². The average Bonchev–Trinajstić information content (AvgIpc) is 2.99. The fraction of sp³-hybridized carbons (Fsp3) is 0.931. The fourth-order valence-corrected chi connectivity index (χ4v) is 8.10. The SMILES string of the molecule is CC[C@@]1(C)C(C2=C[C@@]3(C)CCC(C)C(C)(C)[C@@H]3CC2)CC[C@@H]1CCCCC(C)C. The minimum atomic E-state index is 0.452. The monoisotopic (exact) mass is 400 g/mol. The predicted octanol–water partition coefficient (Wildman–Crippen LogP) is 9.44. The Labute approximate surface area is 183 Å². The molecule has 0 nitrogen and oxygen atoms in total. The van der Waals surface area contributed by atoms with Gasteiger partial charge in [0, 0.05) is 0 Å². The highest BCUT2D eigenvalue weighted by Gasteiger charge is 2.52. The maximum atomic E-state index is 2.86. The molecule has 0 aromatic carbocycles. The van der Waals surface area contributed by atoms with Crippen molar-refractivity contribution in [1.29, 1.82) is 0 Å². The highest BCUT2D eigenvalue weighted by Crippen LogP contribution is 2.62. The molecular weight excluding hydrogens is 348 g/mol. The summed E-state index contributed by atoms with van der Waals surface area (Å²) in [6.45, 7) is 20.2. The lowest BCUT2D eigenvalue weighted by molar-refractivity contribution is -0.0246. The summed E-state index contributed by atoms with van der Waals surface area (Å²) in [5.74, 6) is 4.44. The van der Waals surface area contributed by atoms with Gasteiger partial charge in [0.1, 0.15) is 0 Å². The van der Waals surface area contributed by atoms with Crippen LogP contribution in [0.3, 0.4) is 0 Å². The minimum Gasteiger partial charge on any atom is -0.0788 e. The summed E-state index contributed by atoms with van der Waals surface area (Å²) >= 11 is 0. The first-order chi connectivity index (χ1) is 13.5. The van der Waals surface area contributed by atoms with Crippen molar-refractivity contribution in [1.82, 2.24) is 0 Å². The summed E-state index contributed by atoms with van der Waals surface area (Å²) < 4.78 is 0. The average molecular weight is 401 g/mol. The molecule has 0 saturated heterocycles. The van der Waals surface area contributed by atoms with Gasteiger partial charge in [-0.2, -0.15) is 0 Å². The van der Waals surface area contributed by atoms with Crippen LogP contribution in [0.2, 0.25) is 0 Å². The second-order valence-corrected chi connectivity index (χ2v) is 12.9. The van der Waals surface area contributed by atoms with Gasteiger partial charge in [0.25, 0.3) is 0 Å². The highest BCUT2D eigenvalue weighted by atomic mass is 14.6. The summed E-state index contributed by atoms with van der Waals surface area (Å²) in [5.41, 5.74) is 3.37. The van der Waals surface area contributed by atoms with E-state index < -0.39 is 0 Å². The van der Waals surface area contributed by atoms with Gasteiger partial charge in [0.15, 0.2) is 0 Å². The van der Waals surface area contributed by atoms with Gasteiger partial charge < -0.3 is 0 Å². The van der Waals surface area contributed by atoms with Gasteiger partial charge in [0.2, 0.25) is 0 Å². The molecule has 6 atom stereocenters. The molecule has 168 valence electrons. The zero-order valence-electron chi connectivity index (χ0n) is 21.2. The van der Waals surface area contributed by atoms with E-state index in [4.69, 9.17) is 0 Å². The van der Waals surface area contributed by atoms with Crippen LogP contribution in [0.1, 0.15) is 126 Å². The first-order valence-electron chi connectivity index (χ1n) is 13.3. The standard InChI is InChI=1S/C29H52/c1-9-29(8)24(13-11-10-12-21(2)3)15-16-25(29)23-14-17-26-27(5,6)22(4)18-19-28(26,7)20-23/h20-22,24-26H,9-19H2,1-8H3/t22?,24-,25?,26-,28+,29+/m0/s1. The van der Waals surface area contributed by atoms with Crippen LogP contribution in [0.15, 0.2) is 11.6 Å². The summed E-state index contributed by atoms with van der Waals surface area (Å²) in [4.78, 5) is 0. The molecule has 0 aromatic rings. The summed E-state index contributed by atoms with van der Waals surface area (Å²) in [6, 6.07) is 0. The summed E-state index contributed by atoms with van der Waals surface area (Å²) in [5, 5.41) is 0. The van der Waals surface area contributed by atoms with Crippen molar-refractivity contribution in [3.8, 4) is 0 Å². The second kappa shape index (κ2) is 8.70. The molecule has 0 heterocycles. The van der Waals surface area contributed by atoms with Crippen molar-refractivity contribution in [2.24, 2.45) is 45.8 Å². The topological polar surface area (TPSA) is 0 Å². The first kappa shape index (κ1) is 23.4. The van der Waals surface area contributed by atoms with Crippen LogP contribution in [0.5, 0.6) is 0 Å². The third-order valence-electron chi connectivity index (χ3n) is 10.6. The van der Waals surface area contributed by atoms with E-state index in [1.54, 1.807) is 0 Å². The molecule has 0 N–H and O–H groups in total. The van der Waals surface area contributed by atoms with E-state index in [2.05, 4.69) is 61.5 Å². The smallest absolute Gasteiger partial charge is 0.0110 e. The normalized spacial score (nSPS) is 42.0. The van der Waals surface area contributed by atoms with Gasteiger partial charge in [-0.3, -0.25) is 0 Å². The minimum absolute atomic E-state index is 0.452. The van der Waals surface area contributed by atoms with Crippen LogP contribution in [0, 0.1) is 45.8 Å². The van der Waals surface area contributed by atoms with Crippen molar-refractivity contribution < 1.29 is 0 Å². The van der Waals surface area contributed by atoms with Crippen molar-refractivity contribution >= 4 is 0 Å². The Morgan fingerprint density at radius 1 is 1.00 bits per heavy atom. The van der Waals surface area contributed by atoms with Crippen molar-refractivity contribution in [2.75, 3.05) is 0 Å². The van der Waals surface area contributed by atoms with Crippen molar-refractivity contribution in [3.63, 3.8) is 0 Å². The van der Waals surface area contributed by atoms with E-state index in [0.717, 1.165) is 29.6 Å². The molecule has 29 heavy (non-hydrogen) atoms. The Balaban J connectivity index is 1.74. The number of allylic oxidation sites excluding steroid dienone is 2. The zero-order valence-corrected chi connectivity index (χ0v) is 21.2. The maximum absolute atomic E-state index is 2.86. The highest BCUT2D eigenvalue weighted by molar-refractivity contribution is 5.24. The molecule has 2 fully saturated rings. The van der Waals surface area contributed by atoms with E-state index in [1.807, 2.05) is 5.57 Å². The lowest BCUT2D eigenvalue weighted by Gasteiger charge is -2.56. The van der Waals surface area contributed by atoms with Crippen LogP contribution in [-0.4, -0.2) is 0 Å². The van der Waals surface area contributed by atoms with E-state index in [1.165, 1.54) is 70.6 Å². The third-order valence-corrected chi connectivity index (χ3v) is 10.6. The molecule has 3 aliphatic rings. The van der Waals surface area contributed by atoms with Crippen molar-refractivity contribution in [2.45, 2.75) is 126 Å². The first-order valence-corrected chi connectivity index (χ1v) is 13.3. The van der Waals surface area contributed by atoms with Crippen molar-refractivity contribution in [3.05, 3.63) is 11.6 Å². The Kier molecular flexibility index (Phi) is 7.02. The molecule has 0 aromatic heterocycles. The Bertz CT molecular complexity index is 581. The molecule has 0 amide bonds. The molecule has 3 rings (SSSR count).